The van der Waals surface area contributed by atoms with Gasteiger partial charge in [0.2, 0.25) is 0 Å². The number of methoxy groups -OCH3 is 1. The Kier molecular flexibility index (Phi) is 5.78. The summed E-state index contributed by atoms with van der Waals surface area (Å²) >= 11 is 1.52. The van der Waals surface area contributed by atoms with E-state index in [1.54, 1.807) is 31.4 Å². The summed E-state index contributed by atoms with van der Waals surface area (Å²) in [6.45, 7) is 0.234. The molecule has 2 rings (SSSR count). The molecule has 0 fully saturated rings. The number of rotatable bonds is 7. The van der Waals surface area contributed by atoms with Crippen molar-refractivity contribution < 1.29 is 19.7 Å². The van der Waals surface area contributed by atoms with Crippen molar-refractivity contribution >= 4 is 11.8 Å². The highest BCUT2D eigenvalue weighted by Crippen LogP contribution is 2.22. The van der Waals surface area contributed by atoms with Crippen molar-refractivity contribution in [2.45, 2.75) is 11.0 Å². The maximum absolute atomic E-state index is 9.91. The van der Waals surface area contributed by atoms with E-state index in [9.17, 15) is 10.2 Å². The highest BCUT2D eigenvalue weighted by Gasteiger charge is 2.07. The molecule has 112 valence electrons. The Balaban J connectivity index is 1.73. The van der Waals surface area contributed by atoms with Crippen LogP contribution in [0.1, 0.15) is 0 Å². The number of aliphatic hydroxyl groups is 1. The van der Waals surface area contributed by atoms with Gasteiger partial charge in [0.15, 0.2) is 0 Å². The Hall–Kier alpha value is -1.85. The molecule has 1 unspecified atom stereocenters. The zero-order valence-electron chi connectivity index (χ0n) is 11.7. The van der Waals surface area contributed by atoms with Gasteiger partial charge in [0.1, 0.15) is 23.9 Å². The molecule has 0 aliphatic rings. The number of thioether (sulfide) groups is 1. The number of phenolic OH excluding ortho intramolecular Hbond substituents is 1. The topological polar surface area (TPSA) is 58.9 Å². The van der Waals surface area contributed by atoms with Gasteiger partial charge in [-0.3, -0.25) is 0 Å². The lowest BCUT2D eigenvalue weighted by atomic mass is 10.3. The minimum Gasteiger partial charge on any atom is -0.508 e. The van der Waals surface area contributed by atoms with Gasteiger partial charge in [-0.1, -0.05) is 0 Å². The fourth-order valence-electron chi connectivity index (χ4n) is 1.65. The normalized spacial score (nSPS) is 11.9. The van der Waals surface area contributed by atoms with Gasteiger partial charge in [-0.2, -0.15) is 0 Å². The lowest BCUT2D eigenvalue weighted by Crippen LogP contribution is -2.19. The Morgan fingerprint density at radius 1 is 1.00 bits per heavy atom. The van der Waals surface area contributed by atoms with Gasteiger partial charge in [-0.25, -0.2) is 0 Å². The van der Waals surface area contributed by atoms with Crippen molar-refractivity contribution in [3.05, 3.63) is 48.5 Å². The Labute approximate surface area is 128 Å². The molecule has 0 aliphatic carbocycles. The summed E-state index contributed by atoms with van der Waals surface area (Å²) < 4.78 is 10.6. The molecule has 0 saturated heterocycles. The van der Waals surface area contributed by atoms with Gasteiger partial charge in [0.25, 0.3) is 0 Å². The first-order chi connectivity index (χ1) is 10.2. The first kappa shape index (κ1) is 15.5. The van der Waals surface area contributed by atoms with Crippen LogP contribution in [-0.2, 0) is 0 Å². The van der Waals surface area contributed by atoms with Gasteiger partial charge in [0.05, 0.1) is 13.2 Å². The summed E-state index contributed by atoms with van der Waals surface area (Å²) in [5, 5.41) is 19.1. The Morgan fingerprint density at radius 2 is 1.62 bits per heavy atom. The predicted octanol–water partition coefficient (Wildman–Crippen LogP) is 2.93. The van der Waals surface area contributed by atoms with Crippen LogP contribution in [0.25, 0.3) is 0 Å². The third-order valence-electron chi connectivity index (χ3n) is 2.78. The van der Waals surface area contributed by atoms with Crippen molar-refractivity contribution in [3.63, 3.8) is 0 Å². The van der Waals surface area contributed by atoms with E-state index in [1.165, 1.54) is 11.8 Å². The maximum atomic E-state index is 9.91. The molecule has 0 aliphatic heterocycles. The molecule has 0 spiro atoms. The summed E-state index contributed by atoms with van der Waals surface area (Å²) in [6.07, 6.45) is -0.564. The van der Waals surface area contributed by atoms with Crippen molar-refractivity contribution in [1.29, 1.82) is 0 Å². The lowest BCUT2D eigenvalue weighted by Gasteiger charge is -2.12. The van der Waals surface area contributed by atoms with Crippen molar-refractivity contribution in [2.24, 2.45) is 0 Å². The Morgan fingerprint density at radius 3 is 2.24 bits per heavy atom. The number of phenols is 1. The summed E-state index contributed by atoms with van der Waals surface area (Å²) in [4.78, 5) is 0.997. The molecule has 2 aromatic rings. The monoisotopic (exact) mass is 306 g/mol. The van der Waals surface area contributed by atoms with Gasteiger partial charge < -0.3 is 19.7 Å². The fourth-order valence-corrected chi connectivity index (χ4v) is 2.46. The average Bonchev–Trinajstić information content (AvgIpc) is 2.53. The molecule has 1 atom stereocenters. The number of ether oxygens (including phenoxy) is 2. The quantitative estimate of drug-likeness (QED) is 0.770. The summed E-state index contributed by atoms with van der Waals surface area (Å²) in [6, 6.07) is 14.1. The van der Waals surface area contributed by atoms with Crippen LogP contribution < -0.4 is 9.47 Å². The van der Waals surface area contributed by atoms with Crippen LogP contribution >= 0.6 is 11.8 Å². The highest BCUT2D eigenvalue weighted by molar-refractivity contribution is 7.99. The van der Waals surface area contributed by atoms with Crippen LogP contribution in [0.4, 0.5) is 0 Å². The average molecular weight is 306 g/mol. The second-order valence-corrected chi connectivity index (χ2v) is 5.54. The van der Waals surface area contributed by atoms with Gasteiger partial charge >= 0.3 is 0 Å². The van der Waals surface area contributed by atoms with E-state index in [2.05, 4.69) is 0 Å². The van der Waals surface area contributed by atoms with E-state index in [0.29, 0.717) is 11.5 Å². The highest BCUT2D eigenvalue weighted by atomic mass is 32.2. The van der Waals surface area contributed by atoms with Crippen molar-refractivity contribution in [2.75, 3.05) is 19.5 Å². The third kappa shape index (κ3) is 5.21. The zero-order valence-corrected chi connectivity index (χ0v) is 12.5. The van der Waals surface area contributed by atoms with E-state index >= 15 is 0 Å². The first-order valence-electron chi connectivity index (χ1n) is 6.54. The molecule has 0 bridgehead atoms. The molecule has 0 aromatic heterocycles. The summed E-state index contributed by atoms with van der Waals surface area (Å²) in [5.41, 5.74) is 0. The summed E-state index contributed by atoms with van der Waals surface area (Å²) in [5.74, 6) is 2.24. The molecular weight excluding hydrogens is 288 g/mol. The van der Waals surface area contributed by atoms with Crippen LogP contribution in [0.5, 0.6) is 17.2 Å². The van der Waals surface area contributed by atoms with E-state index in [0.717, 1.165) is 10.6 Å². The number of aliphatic hydroxyl groups excluding tert-OH is 1. The SMILES string of the molecule is COc1ccc(OCC(O)CSc2ccc(O)cc2)cc1. The molecule has 5 heteroatoms. The number of hydrogen-bond donors (Lipinski definition) is 2. The second kappa shape index (κ2) is 7.81. The van der Waals surface area contributed by atoms with Crippen LogP contribution in [0, 0.1) is 0 Å². The van der Waals surface area contributed by atoms with Crippen LogP contribution in [0.3, 0.4) is 0 Å². The van der Waals surface area contributed by atoms with Crippen LogP contribution in [0.2, 0.25) is 0 Å². The molecule has 0 amide bonds. The number of hydrogen-bond acceptors (Lipinski definition) is 5. The van der Waals surface area contributed by atoms with Gasteiger partial charge in [-0.15, -0.1) is 11.8 Å². The maximum Gasteiger partial charge on any atom is 0.119 e. The second-order valence-electron chi connectivity index (χ2n) is 4.45. The smallest absolute Gasteiger partial charge is 0.119 e. The number of benzene rings is 2. The van der Waals surface area contributed by atoms with Crippen LogP contribution in [-0.4, -0.2) is 35.8 Å². The molecule has 0 heterocycles. The first-order valence-corrected chi connectivity index (χ1v) is 7.52. The minimum absolute atomic E-state index is 0.234. The number of aromatic hydroxyl groups is 1. The van der Waals surface area contributed by atoms with Gasteiger partial charge in [-0.05, 0) is 48.5 Å². The van der Waals surface area contributed by atoms with E-state index in [1.807, 2.05) is 24.3 Å². The molecule has 0 radical (unpaired) electrons. The van der Waals surface area contributed by atoms with Crippen molar-refractivity contribution in [1.82, 2.24) is 0 Å². The standard InChI is InChI=1S/C16H18O4S/c1-19-14-4-6-15(7-5-14)20-10-13(18)11-21-16-8-2-12(17)3-9-16/h2-9,13,17-18H,10-11H2,1H3. The molecule has 2 N–H and O–H groups in total. The van der Waals surface area contributed by atoms with E-state index < -0.39 is 6.10 Å². The largest absolute Gasteiger partial charge is 0.508 e. The third-order valence-corrected chi connectivity index (χ3v) is 3.94. The fraction of sp³-hybridized carbons (Fsp3) is 0.250. The molecule has 21 heavy (non-hydrogen) atoms. The zero-order chi connectivity index (χ0) is 15.1. The van der Waals surface area contributed by atoms with Crippen molar-refractivity contribution in [3.8, 4) is 17.2 Å². The minimum atomic E-state index is -0.564. The summed E-state index contributed by atoms with van der Waals surface area (Å²) in [7, 11) is 1.61. The van der Waals surface area contributed by atoms with Crippen LogP contribution in [0.15, 0.2) is 53.4 Å². The molecule has 4 nitrogen and oxygen atoms in total. The Bertz CT molecular complexity index is 539. The van der Waals surface area contributed by atoms with E-state index in [-0.39, 0.29) is 12.4 Å². The van der Waals surface area contributed by atoms with E-state index in [4.69, 9.17) is 9.47 Å². The lowest BCUT2D eigenvalue weighted by molar-refractivity contribution is 0.126. The molecule has 0 saturated carbocycles. The molecule has 2 aromatic carbocycles. The van der Waals surface area contributed by atoms with Gasteiger partial charge in [0, 0.05) is 10.6 Å². The molecular formula is C16H18O4S. The predicted molar refractivity (Wildman–Crippen MR) is 83.3 cm³/mol.